The monoisotopic (exact) mass is 355 g/mol. The minimum absolute atomic E-state index is 0.203. The van der Waals surface area contributed by atoms with Gasteiger partial charge in [-0.05, 0) is 18.2 Å². The zero-order chi connectivity index (χ0) is 18.6. The Hall–Kier alpha value is -2.20. The van der Waals surface area contributed by atoms with Gasteiger partial charge in [0.1, 0.15) is 30.6 Å². The van der Waals surface area contributed by atoms with Crippen LogP contribution in [0.25, 0.3) is 0 Å². The molecular weight excluding hydrogens is 334 g/mol. The van der Waals surface area contributed by atoms with Gasteiger partial charge in [-0.2, -0.15) is 0 Å². The summed E-state index contributed by atoms with van der Waals surface area (Å²) in [6.45, 7) is 0.694. The standard InChI is InChI=1S/C16H21NO8/c1-8(20)17-13-15(22)14(21)12(7-19)25-16(13)24-10-4-3-9(6-18)5-11(10)23-2/h3-6,12-16,19,21-22H,7H2,1-2H3,(H,17,20)/t12-,13-,14+,15+,16-/m0/s1. The molecule has 138 valence electrons. The lowest BCUT2D eigenvalue weighted by atomic mass is 9.97. The Morgan fingerprint density at radius 2 is 2.04 bits per heavy atom. The highest BCUT2D eigenvalue weighted by molar-refractivity contribution is 5.76. The average molecular weight is 355 g/mol. The molecular formula is C16H21NO8. The Bertz CT molecular complexity index is 622. The van der Waals surface area contributed by atoms with Gasteiger partial charge in [0, 0.05) is 12.5 Å². The van der Waals surface area contributed by atoms with Gasteiger partial charge >= 0.3 is 0 Å². The maximum Gasteiger partial charge on any atom is 0.223 e. The molecule has 0 aliphatic carbocycles. The fraction of sp³-hybridized carbons (Fsp3) is 0.500. The van der Waals surface area contributed by atoms with Crippen molar-refractivity contribution in [3.05, 3.63) is 23.8 Å². The van der Waals surface area contributed by atoms with E-state index in [1.54, 1.807) is 0 Å². The molecule has 5 atom stereocenters. The van der Waals surface area contributed by atoms with Crippen LogP contribution in [0.15, 0.2) is 18.2 Å². The first kappa shape index (κ1) is 19.1. The normalized spacial score (nSPS) is 28.9. The van der Waals surface area contributed by atoms with Crippen molar-refractivity contribution >= 4 is 12.2 Å². The number of hydrogen-bond acceptors (Lipinski definition) is 8. The minimum Gasteiger partial charge on any atom is -0.493 e. The smallest absolute Gasteiger partial charge is 0.223 e. The SMILES string of the molecule is COc1cc(C=O)ccc1O[C@H]1O[C@@H](CO)[C@@H](O)[C@H](O)[C@@H]1NC(C)=O. The van der Waals surface area contributed by atoms with E-state index in [1.807, 2.05) is 0 Å². The van der Waals surface area contributed by atoms with Crippen LogP contribution >= 0.6 is 0 Å². The van der Waals surface area contributed by atoms with Crippen LogP contribution < -0.4 is 14.8 Å². The molecule has 1 aromatic rings. The Labute approximate surface area is 144 Å². The van der Waals surface area contributed by atoms with E-state index in [9.17, 15) is 24.9 Å². The van der Waals surface area contributed by atoms with Crippen LogP contribution in [0.3, 0.4) is 0 Å². The summed E-state index contributed by atoms with van der Waals surface area (Å²) in [5.41, 5.74) is 0.371. The van der Waals surface area contributed by atoms with E-state index in [0.29, 0.717) is 11.8 Å². The summed E-state index contributed by atoms with van der Waals surface area (Å²) in [5, 5.41) is 32.0. The molecule has 1 aromatic carbocycles. The van der Waals surface area contributed by atoms with Gasteiger partial charge in [0.05, 0.1) is 13.7 Å². The van der Waals surface area contributed by atoms with Gasteiger partial charge in [0.15, 0.2) is 11.5 Å². The number of carbonyl (C=O) groups excluding carboxylic acids is 2. The van der Waals surface area contributed by atoms with Crippen molar-refractivity contribution in [1.29, 1.82) is 0 Å². The van der Waals surface area contributed by atoms with Crippen molar-refractivity contribution in [3.63, 3.8) is 0 Å². The third-order valence-electron chi connectivity index (χ3n) is 3.82. The number of hydrogen-bond donors (Lipinski definition) is 4. The van der Waals surface area contributed by atoms with Gasteiger partial charge in [0.25, 0.3) is 0 Å². The van der Waals surface area contributed by atoms with Crippen LogP contribution in [0.1, 0.15) is 17.3 Å². The van der Waals surface area contributed by atoms with E-state index >= 15 is 0 Å². The number of benzene rings is 1. The molecule has 0 spiro atoms. The predicted molar refractivity (Wildman–Crippen MR) is 84.4 cm³/mol. The number of carbonyl (C=O) groups is 2. The summed E-state index contributed by atoms with van der Waals surface area (Å²) in [4.78, 5) is 22.2. The summed E-state index contributed by atoms with van der Waals surface area (Å²) in [6.07, 6.45) is -4.47. The fourth-order valence-electron chi connectivity index (χ4n) is 2.55. The zero-order valence-corrected chi connectivity index (χ0v) is 13.8. The zero-order valence-electron chi connectivity index (χ0n) is 13.8. The first-order valence-corrected chi connectivity index (χ1v) is 7.60. The Balaban J connectivity index is 2.29. The summed E-state index contributed by atoms with van der Waals surface area (Å²) in [5.74, 6) is -0.0103. The third kappa shape index (κ3) is 4.26. The number of aliphatic hydroxyl groups excluding tert-OH is 3. The molecule has 1 heterocycles. The Morgan fingerprint density at radius 1 is 1.32 bits per heavy atom. The Morgan fingerprint density at radius 3 is 2.60 bits per heavy atom. The topological polar surface area (TPSA) is 135 Å². The number of amides is 1. The summed E-state index contributed by atoms with van der Waals surface area (Å²) in [6, 6.07) is 3.34. The lowest BCUT2D eigenvalue weighted by Gasteiger charge is -2.42. The van der Waals surface area contributed by atoms with Crippen LogP contribution in [0, 0.1) is 0 Å². The van der Waals surface area contributed by atoms with Gasteiger partial charge < -0.3 is 34.8 Å². The van der Waals surface area contributed by atoms with Crippen LogP contribution in [0.5, 0.6) is 11.5 Å². The van der Waals surface area contributed by atoms with Crippen molar-refractivity contribution in [2.24, 2.45) is 0 Å². The van der Waals surface area contributed by atoms with E-state index in [4.69, 9.17) is 14.2 Å². The maximum atomic E-state index is 11.4. The van der Waals surface area contributed by atoms with E-state index in [0.717, 1.165) is 0 Å². The highest BCUT2D eigenvalue weighted by atomic mass is 16.7. The lowest BCUT2D eigenvalue weighted by molar-refractivity contribution is -0.244. The molecule has 0 unspecified atom stereocenters. The molecule has 1 aliphatic heterocycles. The second-order valence-electron chi connectivity index (χ2n) is 5.58. The average Bonchev–Trinajstić information content (AvgIpc) is 2.61. The highest BCUT2D eigenvalue weighted by Gasteiger charge is 2.46. The van der Waals surface area contributed by atoms with Crippen molar-refractivity contribution < 1.29 is 39.1 Å². The van der Waals surface area contributed by atoms with Gasteiger partial charge in [-0.1, -0.05) is 0 Å². The maximum absolute atomic E-state index is 11.4. The van der Waals surface area contributed by atoms with Crippen LogP contribution in [0.4, 0.5) is 0 Å². The van der Waals surface area contributed by atoms with Gasteiger partial charge in [-0.25, -0.2) is 0 Å². The number of ether oxygens (including phenoxy) is 3. The third-order valence-corrected chi connectivity index (χ3v) is 3.82. The number of aliphatic hydroxyl groups is 3. The number of methoxy groups -OCH3 is 1. The second kappa shape index (κ2) is 8.26. The fourth-order valence-corrected chi connectivity index (χ4v) is 2.55. The minimum atomic E-state index is -1.42. The lowest BCUT2D eigenvalue weighted by Crippen LogP contribution is -2.65. The van der Waals surface area contributed by atoms with Gasteiger partial charge in [0.2, 0.25) is 12.2 Å². The van der Waals surface area contributed by atoms with E-state index in [2.05, 4.69) is 5.32 Å². The van der Waals surface area contributed by atoms with Crippen LogP contribution in [0.2, 0.25) is 0 Å². The predicted octanol–water partition coefficient (Wildman–Crippen LogP) is -1.17. The molecule has 2 rings (SSSR count). The molecule has 0 bridgehead atoms. The quantitative estimate of drug-likeness (QED) is 0.469. The largest absolute Gasteiger partial charge is 0.493 e. The van der Waals surface area contributed by atoms with Crippen LogP contribution in [-0.2, 0) is 9.53 Å². The number of aldehydes is 1. The first-order chi connectivity index (χ1) is 11.9. The van der Waals surface area contributed by atoms with Crippen molar-refractivity contribution in [2.45, 2.75) is 37.6 Å². The van der Waals surface area contributed by atoms with Crippen molar-refractivity contribution in [3.8, 4) is 11.5 Å². The Kier molecular flexibility index (Phi) is 6.32. The molecule has 4 N–H and O–H groups in total. The van der Waals surface area contributed by atoms with Crippen LogP contribution in [-0.4, -0.2) is 71.9 Å². The highest BCUT2D eigenvalue weighted by Crippen LogP contribution is 2.31. The molecule has 1 fully saturated rings. The summed E-state index contributed by atoms with van der Waals surface area (Å²) < 4.78 is 16.3. The molecule has 0 radical (unpaired) electrons. The molecule has 1 saturated heterocycles. The molecule has 9 nitrogen and oxygen atoms in total. The number of nitrogens with one attached hydrogen (secondary N) is 1. The van der Waals surface area contributed by atoms with Gasteiger partial charge in [-0.3, -0.25) is 9.59 Å². The molecule has 1 amide bonds. The van der Waals surface area contributed by atoms with E-state index in [1.165, 1.54) is 32.2 Å². The molecule has 0 aromatic heterocycles. The van der Waals surface area contributed by atoms with E-state index < -0.39 is 43.2 Å². The van der Waals surface area contributed by atoms with Gasteiger partial charge in [-0.15, -0.1) is 0 Å². The first-order valence-electron chi connectivity index (χ1n) is 7.60. The second-order valence-corrected chi connectivity index (χ2v) is 5.58. The van der Waals surface area contributed by atoms with E-state index in [-0.39, 0.29) is 11.5 Å². The van der Waals surface area contributed by atoms with Crippen molar-refractivity contribution in [1.82, 2.24) is 5.32 Å². The molecule has 25 heavy (non-hydrogen) atoms. The summed E-state index contributed by atoms with van der Waals surface area (Å²) >= 11 is 0. The summed E-state index contributed by atoms with van der Waals surface area (Å²) in [7, 11) is 1.39. The van der Waals surface area contributed by atoms with Crippen molar-refractivity contribution in [2.75, 3.05) is 13.7 Å². The molecule has 9 heteroatoms. The number of rotatable bonds is 6. The molecule has 1 aliphatic rings. The molecule has 0 saturated carbocycles.